The van der Waals surface area contributed by atoms with Gasteiger partial charge in [-0.05, 0) is 57.3 Å². The average Bonchev–Trinajstić information content (AvgIpc) is 2.56. The van der Waals surface area contributed by atoms with Crippen LogP contribution in [0.15, 0.2) is 0 Å². The molecular formula is C18H32N2O3. The van der Waals surface area contributed by atoms with Crippen LogP contribution in [0.1, 0.15) is 70.6 Å². The zero-order valence-corrected chi connectivity index (χ0v) is 14.2. The van der Waals surface area contributed by atoms with Crippen LogP contribution in [0.2, 0.25) is 0 Å². The van der Waals surface area contributed by atoms with E-state index < -0.39 is 0 Å². The fourth-order valence-corrected chi connectivity index (χ4v) is 4.60. The number of urea groups is 1. The van der Waals surface area contributed by atoms with E-state index in [1.807, 2.05) is 0 Å². The number of aliphatic hydroxyl groups excluding tert-OH is 1. The fourth-order valence-electron chi connectivity index (χ4n) is 4.60. The Balaban J connectivity index is 1.42. The highest BCUT2D eigenvalue weighted by Gasteiger charge is 2.39. The monoisotopic (exact) mass is 324 g/mol. The smallest absolute Gasteiger partial charge is 0.315 e. The van der Waals surface area contributed by atoms with Gasteiger partial charge < -0.3 is 20.5 Å². The first-order valence-corrected chi connectivity index (χ1v) is 9.51. The zero-order chi connectivity index (χ0) is 16.1. The second-order valence-electron chi connectivity index (χ2n) is 7.80. The van der Waals surface area contributed by atoms with E-state index in [9.17, 15) is 9.90 Å². The van der Waals surface area contributed by atoms with Gasteiger partial charge in [0.05, 0.1) is 5.60 Å². The van der Waals surface area contributed by atoms with E-state index in [1.165, 1.54) is 19.3 Å². The summed E-state index contributed by atoms with van der Waals surface area (Å²) in [5.74, 6) is 0.428. The molecule has 3 N–H and O–H groups in total. The number of hydrogen-bond donors (Lipinski definition) is 3. The van der Waals surface area contributed by atoms with Crippen molar-refractivity contribution in [2.75, 3.05) is 13.2 Å². The summed E-state index contributed by atoms with van der Waals surface area (Å²) in [6, 6.07) is 0.493. The highest BCUT2D eigenvalue weighted by atomic mass is 16.5. The van der Waals surface area contributed by atoms with Gasteiger partial charge in [-0.15, -0.1) is 0 Å². The summed E-state index contributed by atoms with van der Waals surface area (Å²) in [6.45, 7) is 1.05. The van der Waals surface area contributed by atoms with E-state index in [0.717, 1.165) is 58.0 Å². The minimum atomic E-state index is -0.0182. The topological polar surface area (TPSA) is 70.6 Å². The predicted molar refractivity (Wildman–Crippen MR) is 89.3 cm³/mol. The third-order valence-corrected chi connectivity index (χ3v) is 6.03. The zero-order valence-electron chi connectivity index (χ0n) is 14.2. The first-order chi connectivity index (χ1) is 11.2. The van der Waals surface area contributed by atoms with Crippen molar-refractivity contribution in [2.24, 2.45) is 5.92 Å². The number of carbonyl (C=O) groups is 1. The third kappa shape index (κ3) is 4.60. The molecule has 1 spiro atoms. The molecule has 1 saturated heterocycles. The minimum absolute atomic E-state index is 0.0182. The molecule has 0 radical (unpaired) electrons. The van der Waals surface area contributed by atoms with Crippen LogP contribution in [0, 0.1) is 5.92 Å². The molecule has 23 heavy (non-hydrogen) atoms. The van der Waals surface area contributed by atoms with Crippen molar-refractivity contribution in [3.05, 3.63) is 0 Å². The van der Waals surface area contributed by atoms with Gasteiger partial charge in [0.25, 0.3) is 0 Å². The number of nitrogens with one attached hydrogen (secondary N) is 2. The van der Waals surface area contributed by atoms with Crippen LogP contribution in [0.5, 0.6) is 0 Å². The van der Waals surface area contributed by atoms with Crippen molar-refractivity contribution < 1.29 is 14.6 Å². The molecule has 2 aliphatic carbocycles. The quantitative estimate of drug-likeness (QED) is 0.747. The Morgan fingerprint density at radius 1 is 1.00 bits per heavy atom. The van der Waals surface area contributed by atoms with Gasteiger partial charge in [-0.3, -0.25) is 0 Å². The Morgan fingerprint density at radius 2 is 1.70 bits per heavy atom. The Hall–Kier alpha value is -0.810. The molecule has 3 aliphatic rings. The van der Waals surface area contributed by atoms with Crippen molar-refractivity contribution in [3.63, 3.8) is 0 Å². The Kier molecular flexibility index (Phi) is 5.81. The molecule has 0 bridgehead atoms. The van der Waals surface area contributed by atoms with Gasteiger partial charge in [0, 0.05) is 25.3 Å². The summed E-state index contributed by atoms with van der Waals surface area (Å²) in [5.41, 5.74) is 0.0353. The van der Waals surface area contributed by atoms with Crippen LogP contribution in [0.4, 0.5) is 4.79 Å². The van der Waals surface area contributed by atoms with Crippen LogP contribution in [0.25, 0.3) is 0 Å². The van der Waals surface area contributed by atoms with Crippen molar-refractivity contribution in [1.82, 2.24) is 10.6 Å². The fraction of sp³-hybridized carbons (Fsp3) is 0.944. The Morgan fingerprint density at radius 3 is 2.39 bits per heavy atom. The summed E-state index contributed by atoms with van der Waals surface area (Å²) in [4.78, 5) is 12.3. The summed E-state index contributed by atoms with van der Waals surface area (Å²) >= 11 is 0. The normalized spacial score (nSPS) is 34.0. The van der Waals surface area contributed by atoms with Gasteiger partial charge in [0.15, 0.2) is 0 Å². The van der Waals surface area contributed by atoms with E-state index >= 15 is 0 Å². The molecule has 2 amide bonds. The van der Waals surface area contributed by atoms with E-state index in [-0.39, 0.29) is 30.3 Å². The van der Waals surface area contributed by atoms with Crippen LogP contribution in [-0.4, -0.2) is 42.0 Å². The molecule has 1 atom stereocenters. The maximum Gasteiger partial charge on any atom is 0.315 e. The molecule has 132 valence electrons. The highest BCUT2D eigenvalue weighted by molar-refractivity contribution is 5.74. The van der Waals surface area contributed by atoms with E-state index in [4.69, 9.17) is 4.74 Å². The molecule has 2 saturated carbocycles. The van der Waals surface area contributed by atoms with E-state index in [1.54, 1.807) is 0 Å². The molecule has 5 heteroatoms. The van der Waals surface area contributed by atoms with Crippen LogP contribution in [0.3, 0.4) is 0 Å². The SMILES string of the molecule is O=C(NC1CCC(CO)CC1)NC1CCOC2(CCCCC2)C1. The van der Waals surface area contributed by atoms with Gasteiger partial charge >= 0.3 is 6.03 Å². The molecule has 1 aliphatic heterocycles. The largest absolute Gasteiger partial charge is 0.396 e. The lowest BCUT2D eigenvalue weighted by Crippen LogP contribution is -2.53. The molecule has 3 rings (SSSR count). The number of carbonyl (C=O) groups excluding carboxylic acids is 1. The second-order valence-corrected chi connectivity index (χ2v) is 7.80. The Bertz CT molecular complexity index is 382. The standard InChI is InChI=1S/C18H32N2O3/c21-13-14-4-6-15(7-5-14)19-17(22)20-16-8-11-23-18(12-16)9-2-1-3-10-18/h14-16,21H,1-13H2,(H2,19,20,22). The second kappa shape index (κ2) is 7.84. The third-order valence-electron chi connectivity index (χ3n) is 6.03. The van der Waals surface area contributed by atoms with Crippen LogP contribution < -0.4 is 10.6 Å². The average molecular weight is 324 g/mol. The summed E-state index contributed by atoms with van der Waals surface area (Å²) in [6.07, 6.45) is 12.0. The van der Waals surface area contributed by atoms with E-state index in [2.05, 4.69) is 10.6 Å². The van der Waals surface area contributed by atoms with Crippen molar-refractivity contribution in [2.45, 2.75) is 88.3 Å². The van der Waals surface area contributed by atoms with Gasteiger partial charge in [-0.25, -0.2) is 4.79 Å². The van der Waals surface area contributed by atoms with Gasteiger partial charge in [0.1, 0.15) is 0 Å². The molecule has 0 aromatic heterocycles. The molecule has 0 aromatic carbocycles. The molecule has 5 nitrogen and oxygen atoms in total. The summed E-state index contributed by atoms with van der Waals surface area (Å²) < 4.78 is 6.10. The predicted octanol–water partition coefficient (Wildman–Crippen LogP) is 2.72. The van der Waals surface area contributed by atoms with Gasteiger partial charge in [0.2, 0.25) is 0 Å². The summed E-state index contributed by atoms with van der Waals surface area (Å²) in [5, 5.41) is 15.5. The lowest BCUT2D eigenvalue weighted by Gasteiger charge is -2.43. The first-order valence-electron chi connectivity index (χ1n) is 9.51. The van der Waals surface area contributed by atoms with Crippen LogP contribution >= 0.6 is 0 Å². The van der Waals surface area contributed by atoms with E-state index in [0.29, 0.717) is 5.92 Å². The number of amides is 2. The maximum absolute atomic E-state index is 12.3. The molecular weight excluding hydrogens is 292 g/mol. The van der Waals surface area contributed by atoms with Gasteiger partial charge in [-0.2, -0.15) is 0 Å². The molecule has 0 aromatic rings. The molecule has 1 unspecified atom stereocenters. The van der Waals surface area contributed by atoms with Crippen molar-refractivity contribution >= 4 is 6.03 Å². The molecule has 1 heterocycles. The maximum atomic E-state index is 12.3. The molecule has 3 fully saturated rings. The lowest BCUT2D eigenvalue weighted by molar-refractivity contribution is -0.107. The van der Waals surface area contributed by atoms with Crippen LogP contribution in [-0.2, 0) is 4.74 Å². The number of aliphatic hydroxyl groups is 1. The number of hydrogen-bond acceptors (Lipinski definition) is 3. The first kappa shape index (κ1) is 17.0. The lowest BCUT2D eigenvalue weighted by atomic mass is 9.78. The number of ether oxygens (including phenoxy) is 1. The number of rotatable bonds is 3. The minimum Gasteiger partial charge on any atom is -0.396 e. The van der Waals surface area contributed by atoms with Gasteiger partial charge in [-0.1, -0.05) is 19.3 Å². The Labute approximate surface area is 139 Å². The van der Waals surface area contributed by atoms with Crippen molar-refractivity contribution in [1.29, 1.82) is 0 Å². The highest BCUT2D eigenvalue weighted by Crippen LogP contribution is 2.38. The summed E-state index contributed by atoms with van der Waals surface area (Å²) in [7, 11) is 0. The van der Waals surface area contributed by atoms with Crippen molar-refractivity contribution in [3.8, 4) is 0 Å².